The molecule has 1 aromatic rings. The Labute approximate surface area is 173 Å². The zero-order valence-corrected chi connectivity index (χ0v) is 17.4. The minimum absolute atomic E-state index is 0.226. The minimum Gasteiger partial charge on any atom is -0.463 e. The van der Waals surface area contributed by atoms with Gasteiger partial charge in [0.15, 0.2) is 5.17 Å². The van der Waals surface area contributed by atoms with Crippen molar-refractivity contribution in [1.82, 2.24) is 10.2 Å². The monoisotopic (exact) mass is 427 g/mol. The predicted molar refractivity (Wildman–Crippen MR) is 109 cm³/mol. The van der Waals surface area contributed by atoms with Gasteiger partial charge in [-0.15, -0.1) is 0 Å². The van der Waals surface area contributed by atoms with Crippen LogP contribution in [0.15, 0.2) is 34.5 Å². The summed E-state index contributed by atoms with van der Waals surface area (Å²) in [5.41, 5.74) is 1.70. The fourth-order valence-electron chi connectivity index (χ4n) is 3.18. The second kappa shape index (κ2) is 9.73. The molecule has 1 N–H and O–H groups in total. The number of carbonyl (C=O) groups is 1. The second-order valence-electron chi connectivity index (χ2n) is 6.33. The average molecular weight is 428 g/mol. The van der Waals surface area contributed by atoms with E-state index in [4.69, 9.17) is 21.1 Å². The van der Waals surface area contributed by atoms with E-state index in [0.29, 0.717) is 36.1 Å². The number of amidine groups is 1. The van der Waals surface area contributed by atoms with Gasteiger partial charge < -0.3 is 14.8 Å². The Balaban J connectivity index is 2.04. The van der Waals surface area contributed by atoms with Gasteiger partial charge in [-0.3, -0.25) is 4.90 Å². The minimum atomic E-state index is -0.660. The lowest BCUT2D eigenvalue weighted by atomic mass is 9.95. The Morgan fingerprint density at radius 2 is 2.21 bits per heavy atom. The highest BCUT2D eigenvalue weighted by Crippen LogP contribution is 2.36. The van der Waals surface area contributed by atoms with Gasteiger partial charge in [-0.1, -0.05) is 29.4 Å². The van der Waals surface area contributed by atoms with Crippen molar-refractivity contribution in [3.05, 3.63) is 45.9 Å². The van der Waals surface area contributed by atoms with Gasteiger partial charge in [-0.25, -0.2) is 14.2 Å². The Hall–Kier alpha value is -1.61. The molecule has 1 fully saturated rings. The van der Waals surface area contributed by atoms with Crippen LogP contribution in [0.2, 0.25) is 5.02 Å². The molecule has 28 heavy (non-hydrogen) atoms. The van der Waals surface area contributed by atoms with E-state index < -0.39 is 17.8 Å². The quantitative estimate of drug-likeness (QED) is 0.729. The van der Waals surface area contributed by atoms with Crippen LogP contribution in [0.1, 0.15) is 18.5 Å². The number of hydrogen-bond acceptors (Lipinski definition) is 7. The number of rotatable bonds is 5. The van der Waals surface area contributed by atoms with Crippen LogP contribution in [0.5, 0.6) is 0 Å². The Bertz CT molecular complexity index is 797. The highest BCUT2D eigenvalue weighted by Gasteiger charge is 2.33. The van der Waals surface area contributed by atoms with E-state index in [0.717, 1.165) is 18.8 Å². The molecule has 1 saturated heterocycles. The molecule has 152 valence electrons. The Kier molecular flexibility index (Phi) is 7.34. The summed E-state index contributed by atoms with van der Waals surface area (Å²) in [6.45, 7) is 5.39. The van der Waals surface area contributed by atoms with Gasteiger partial charge in [0.25, 0.3) is 0 Å². The summed E-state index contributed by atoms with van der Waals surface area (Å²) in [5.74, 6) is -0.889. The van der Waals surface area contributed by atoms with E-state index in [1.807, 2.05) is 6.26 Å². The third-order valence-corrected chi connectivity index (χ3v) is 5.46. The van der Waals surface area contributed by atoms with E-state index in [-0.39, 0.29) is 11.6 Å². The van der Waals surface area contributed by atoms with Gasteiger partial charge in [-0.2, -0.15) is 0 Å². The normalized spacial score (nSPS) is 20.6. The molecule has 1 unspecified atom stereocenters. The van der Waals surface area contributed by atoms with Crippen LogP contribution >= 0.6 is 23.4 Å². The van der Waals surface area contributed by atoms with Crippen molar-refractivity contribution in [3.8, 4) is 0 Å². The van der Waals surface area contributed by atoms with Gasteiger partial charge >= 0.3 is 5.97 Å². The molecule has 2 aliphatic heterocycles. The van der Waals surface area contributed by atoms with E-state index in [1.165, 1.54) is 23.9 Å². The predicted octanol–water partition coefficient (Wildman–Crippen LogP) is 2.99. The molecule has 0 aliphatic carbocycles. The van der Waals surface area contributed by atoms with Crippen molar-refractivity contribution in [3.63, 3.8) is 0 Å². The van der Waals surface area contributed by atoms with E-state index >= 15 is 0 Å². The lowest BCUT2D eigenvalue weighted by molar-refractivity contribution is -0.139. The number of esters is 1. The van der Waals surface area contributed by atoms with Crippen molar-refractivity contribution in [2.24, 2.45) is 4.99 Å². The molecule has 6 nitrogen and oxygen atoms in total. The maximum Gasteiger partial charge on any atom is 0.338 e. The molecule has 0 radical (unpaired) electrons. The van der Waals surface area contributed by atoms with E-state index in [2.05, 4.69) is 15.2 Å². The van der Waals surface area contributed by atoms with E-state index in [1.54, 1.807) is 13.0 Å². The maximum absolute atomic E-state index is 13.6. The molecular weight excluding hydrogens is 405 g/mol. The molecule has 1 aromatic carbocycles. The maximum atomic E-state index is 13.6. The number of nitrogens with zero attached hydrogens (tertiary/aromatic N) is 2. The van der Waals surface area contributed by atoms with Crippen LogP contribution in [0.3, 0.4) is 0 Å². The fourth-order valence-corrected chi connectivity index (χ4v) is 3.89. The molecule has 1 atom stereocenters. The number of carbonyl (C=O) groups excluding carboxylic acids is 1. The molecule has 9 heteroatoms. The lowest BCUT2D eigenvalue weighted by Gasteiger charge is -2.32. The third kappa shape index (κ3) is 4.86. The molecule has 0 saturated carbocycles. The summed E-state index contributed by atoms with van der Waals surface area (Å²) >= 11 is 7.74. The van der Waals surface area contributed by atoms with Crippen LogP contribution in [0.4, 0.5) is 4.39 Å². The summed E-state index contributed by atoms with van der Waals surface area (Å²) in [4.78, 5) is 19.7. The average Bonchev–Trinajstić information content (AvgIpc) is 2.68. The third-order valence-electron chi connectivity index (χ3n) is 4.53. The number of ether oxygens (including phenoxy) is 2. The number of nitrogens with one attached hydrogen (secondary N) is 1. The first-order chi connectivity index (χ1) is 13.5. The van der Waals surface area contributed by atoms with Gasteiger partial charge in [0.2, 0.25) is 0 Å². The molecule has 0 bridgehead atoms. The van der Waals surface area contributed by atoms with Crippen molar-refractivity contribution < 1.29 is 18.7 Å². The smallest absolute Gasteiger partial charge is 0.338 e. The standard InChI is InChI=1S/C19H23ClFN3O3S/c1-3-27-18(25)16-15(11-24-6-8-26-9-7-24)22-19(28-2)23-17(16)13-5-4-12(21)10-14(13)20/h4-5,10,17H,3,6-9,11H2,1-2H3,(H,22,23). The summed E-state index contributed by atoms with van der Waals surface area (Å²) in [6, 6.07) is 3.46. The number of morpholine rings is 1. The molecule has 2 heterocycles. The SMILES string of the molecule is CCOC(=O)C1=C(CN2CCOCC2)NC(SC)=NC1c1ccc(F)cc1Cl. The van der Waals surface area contributed by atoms with E-state index in [9.17, 15) is 9.18 Å². The summed E-state index contributed by atoms with van der Waals surface area (Å²) < 4.78 is 24.3. The van der Waals surface area contributed by atoms with Crippen LogP contribution in [-0.4, -0.2) is 61.7 Å². The number of thioether (sulfide) groups is 1. The molecule has 0 spiro atoms. The van der Waals surface area contributed by atoms with Crippen LogP contribution in [0.25, 0.3) is 0 Å². The largest absolute Gasteiger partial charge is 0.463 e. The highest BCUT2D eigenvalue weighted by molar-refractivity contribution is 8.13. The second-order valence-corrected chi connectivity index (χ2v) is 7.54. The number of hydrogen-bond donors (Lipinski definition) is 1. The summed E-state index contributed by atoms with van der Waals surface area (Å²) in [5, 5.41) is 4.16. The first kappa shape index (κ1) is 21.1. The number of benzene rings is 1. The zero-order chi connectivity index (χ0) is 20.1. The molecule has 0 aromatic heterocycles. The topological polar surface area (TPSA) is 63.2 Å². The fraction of sp³-hybridized carbons (Fsp3) is 0.474. The van der Waals surface area contributed by atoms with Crippen LogP contribution in [0, 0.1) is 5.82 Å². The molecule has 0 amide bonds. The van der Waals surface area contributed by atoms with Crippen molar-refractivity contribution in [1.29, 1.82) is 0 Å². The first-order valence-electron chi connectivity index (χ1n) is 9.07. The van der Waals surface area contributed by atoms with Crippen molar-refractivity contribution in [2.45, 2.75) is 13.0 Å². The number of aliphatic imine (C=N–C) groups is 1. The van der Waals surface area contributed by atoms with Gasteiger partial charge in [0.05, 0.1) is 25.4 Å². The van der Waals surface area contributed by atoms with Gasteiger partial charge in [0.1, 0.15) is 11.9 Å². The van der Waals surface area contributed by atoms with Gasteiger partial charge in [0, 0.05) is 35.9 Å². The van der Waals surface area contributed by atoms with Crippen molar-refractivity contribution >= 4 is 34.5 Å². The Morgan fingerprint density at radius 3 is 2.86 bits per heavy atom. The summed E-state index contributed by atoms with van der Waals surface area (Å²) in [7, 11) is 0. The zero-order valence-electron chi connectivity index (χ0n) is 15.8. The molecule has 2 aliphatic rings. The summed E-state index contributed by atoms with van der Waals surface area (Å²) in [6.07, 6.45) is 1.90. The Morgan fingerprint density at radius 1 is 1.46 bits per heavy atom. The van der Waals surface area contributed by atoms with Crippen LogP contribution in [-0.2, 0) is 14.3 Å². The van der Waals surface area contributed by atoms with Gasteiger partial charge in [-0.05, 0) is 25.3 Å². The van der Waals surface area contributed by atoms with Crippen LogP contribution < -0.4 is 5.32 Å². The first-order valence-corrected chi connectivity index (χ1v) is 10.7. The molecule has 3 rings (SSSR count). The number of halogens is 2. The van der Waals surface area contributed by atoms with Crippen molar-refractivity contribution in [2.75, 3.05) is 45.7 Å². The highest BCUT2D eigenvalue weighted by atomic mass is 35.5. The lowest BCUT2D eigenvalue weighted by Crippen LogP contribution is -2.42. The molecular formula is C19H23ClFN3O3S.